The Bertz CT molecular complexity index is 743. The summed E-state index contributed by atoms with van der Waals surface area (Å²) in [6.45, 7) is 3.56. The van der Waals surface area contributed by atoms with E-state index >= 15 is 0 Å². The quantitative estimate of drug-likeness (QED) is 0.0432. The van der Waals surface area contributed by atoms with E-state index in [1.54, 1.807) is 0 Å². The molecule has 1 saturated heterocycles. The van der Waals surface area contributed by atoms with E-state index in [4.69, 9.17) is 9.47 Å². The highest BCUT2D eigenvalue weighted by Crippen LogP contribution is 2.23. The highest BCUT2D eigenvalue weighted by Gasteiger charge is 2.44. The number of unbranched alkanes of at least 4 members (excludes halogenated alkanes) is 21. The first-order chi connectivity index (χ1) is 23.3. The van der Waals surface area contributed by atoms with Crippen molar-refractivity contribution in [3.63, 3.8) is 0 Å². The molecule has 0 aliphatic carbocycles. The van der Waals surface area contributed by atoms with Gasteiger partial charge in [0.15, 0.2) is 6.29 Å². The van der Waals surface area contributed by atoms with E-state index in [9.17, 15) is 35.4 Å². The number of nitrogens with one attached hydrogen (secondary N) is 1. The molecule has 1 amide bonds. The van der Waals surface area contributed by atoms with Gasteiger partial charge in [-0.05, 0) is 12.8 Å². The molecule has 1 rings (SSSR count). The van der Waals surface area contributed by atoms with E-state index in [1.807, 2.05) is 0 Å². The Morgan fingerprint density at radius 1 is 0.646 bits per heavy atom. The number of carbonyl (C=O) groups is 1. The SMILES string of the molecule is CCCCCCCCCCCCCCC[C@@H](O)[C@@H](O)[C@H](CO[C@@H]1O[C@H](CO)[C@@H](O)C(O)C1O)NC(=O)CCCCCCCCCCCC. The smallest absolute Gasteiger partial charge is 0.220 e. The highest BCUT2D eigenvalue weighted by molar-refractivity contribution is 5.76. The van der Waals surface area contributed by atoms with Crippen LogP contribution in [-0.2, 0) is 14.3 Å². The first-order valence-corrected chi connectivity index (χ1v) is 19.8. The molecule has 0 radical (unpaired) electrons. The molecular weight excluding hydrogens is 614 g/mol. The van der Waals surface area contributed by atoms with Gasteiger partial charge in [0.1, 0.15) is 30.5 Å². The monoisotopic (exact) mass is 690 g/mol. The van der Waals surface area contributed by atoms with Crippen LogP contribution in [0.4, 0.5) is 0 Å². The fraction of sp³-hybridized carbons (Fsp3) is 0.974. The largest absolute Gasteiger partial charge is 0.394 e. The molecule has 2 unspecified atom stereocenters. The van der Waals surface area contributed by atoms with Gasteiger partial charge < -0.3 is 45.4 Å². The number of carbonyl (C=O) groups excluding carboxylic acids is 1. The number of ether oxygens (including phenoxy) is 2. The summed E-state index contributed by atoms with van der Waals surface area (Å²) in [5.41, 5.74) is 0. The van der Waals surface area contributed by atoms with Gasteiger partial charge in [-0.3, -0.25) is 4.79 Å². The topological polar surface area (TPSA) is 169 Å². The van der Waals surface area contributed by atoms with Gasteiger partial charge in [0.05, 0.1) is 25.4 Å². The summed E-state index contributed by atoms with van der Waals surface area (Å²) in [7, 11) is 0. The lowest BCUT2D eigenvalue weighted by molar-refractivity contribution is -0.303. The Balaban J connectivity index is 2.48. The van der Waals surface area contributed by atoms with Crippen LogP contribution in [0.15, 0.2) is 0 Å². The maximum Gasteiger partial charge on any atom is 0.220 e. The van der Waals surface area contributed by atoms with Crippen molar-refractivity contribution in [3.05, 3.63) is 0 Å². The molecule has 0 aromatic carbocycles. The maximum absolute atomic E-state index is 12.9. The van der Waals surface area contributed by atoms with Crippen LogP contribution in [0.2, 0.25) is 0 Å². The third kappa shape index (κ3) is 20.7. The molecule has 1 aliphatic rings. The molecule has 10 heteroatoms. The summed E-state index contributed by atoms with van der Waals surface area (Å²) in [6, 6.07) is -0.982. The summed E-state index contributed by atoms with van der Waals surface area (Å²) in [4.78, 5) is 12.9. The van der Waals surface area contributed by atoms with Gasteiger partial charge in [-0.1, -0.05) is 155 Å². The second-order valence-electron chi connectivity index (χ2n) is 14.2. The minimum absolute atomic E-state index is 0.260. The molecule has 1 heterocycles. The van der Waals surface area contributed by atoms with Gasteiger partial charge in [0, 0.05) is 6.42 Å². The van der Waals surface area contributed by atoms with Gasteiger partial charge >= 0.3 is 0 Å². The second kappa shape index (κ2) is 29.8. The summed E-state index contributed by atoms with van der Waals surface area (Å²) in [6.07, 6.45) is 18.3. The van der Waals surface area contributed by atoms with Gasteiger partial charge in [-0.25, -0.2) is 0 Å². The molecule has 1 aliphatic heterocycles. The minimum atomic E-state index is -1.60. The standard InChI is InChI=1S/C38H75NO9/c1-3-5-7-9-11-13-15-16-17-18-20-22-24-26-31(41)34(43)30(29-47-38-37(46)36(45)35(44)32(28-40)48-38)39-33(42)27-25-23-21-19-14-12-10-8-6-4-2/h30-32,34-38,40-41,43-46H,3-29H2,1-2H3,(H,39,42)/t30-,31+,32+,34-,35+,36?,37?,38+/m0/s1. The molecule has 0 bridgehead atoms. The van der Waals surface area contributed by atoms with Crippen molar-refractivity contribution in [1.82, 2.24) is 5.32 Å². The van der Waals surface area contributed by atoms with Crippen LogP contribution in [0.5, 0.6) is 0 Å². The van der Waals surface area contributed by atoms with E-state index in [0.717, 1.165) is 44.9 Å². The fourth-order valence-electron chi connectivity index (χ4n) is 6.49. The molecule has 10 nitrogen and oxygen atoms in total. The molecule has 8 atom stereocenters. The van der Waals surface area contributed by atoms with E-state index in [2.05, 4.69) is 19.2 Å². The molecule has 7 N–H and O–H groups in total. The average Bonchev–Trinajstić information content (AvgIpc) is 3.08. The second-order valence-corrected chi connectivity index (χ2v) is 14.2. The van der Waals surface area contributed by atoms with Crippen molar-refractivity contribution in [2.24, 2.45) is 0 Å². The van der Waals surface area contributed by atoms with Crippen LogP contribution in [0.3, 0.4) is 0 Å². The number of aliphatic hydroxyl groups is 6. The zero-order valence-corrected chi connectivity index (χ0v) is 30.6. The number of rotatable bonds is 32. The maximum atomic E-state index is 12.9. The molecule has 0 saturated carbocycles. The van der Waals surface area contributed by atoms with Gasteiger partial charge in [-0.2, -0.15) is 0 Å². The van der Waals surface area contributed by atoms with Crippen molar-refractivity contribution in [2.45, 2.75) is 223 Å². The van der Waals surface area contributed by atoms with E-state index in [1.165, 1.54) is 103 Å². The van der Waals surface area contributed by atoms with Gasteiger partial charge in [0.2, 0.25) is 5.91 Å². The van der Waals surface area contributed by atoms with Crippen LogP contribution in [-0.4, -0.2) is 98.7 Å². The number of amides is 1. The fourth-order valence-corrected chi connectivity index (χ4v) is 6.49. The minimum Gasteiger partial charge on any atom is -0.394 e. The predicted molar refractivity (Wildman–Crippen MR) is 190 cm³/mol. The Kier molecular flexibility index (Phi) is 28.1. The normalized spacial score (nSPS) is 23.2. The zero-order chi connectivity index (χ0) is 35.4. The van der Waals surface area contributed by atoms with E-state index < -0.39 is 55.6 Å². The van der Waals surface area contributed by atoms with Gasteiger partial charge in [0.25, 0.3) is 0 Å². The first kappa shape index (κ1) is 45.2. The molecule has 0 aromatic rings. The third-order valence-electron chi connectivity index (χ3n) is 9.80. The lowest BCUT2D eigenvalue weighted by atomic mass is 9.98. The summed E-state index contributed by atoms with van der Waals surface area (Å²) >= 11 is 0. The van der Waals surface area contributed by atoms with Crippen molar-refractivity contribution < 1.29 is 44.9 Å². The van der Waals surface area contributed by atoms with E-state index in [0.29, 0.717) is 6.42 Å². The van der Waals surface area contributed by atoms with Crippen LogP contribution in [0.25, 0.3) is 0 Å². The van der Waals surface area contributed by atoms with E-state index in [-0.39, 0.29) is 18.9 Å². The summed E-state index contributed by atoms with van der Waals surface area (Å²) in [5.74, 6) is -0.260. The molecule has 48 heavy (non-hydrogen) atoms. The number of hydrogen-bond acceptors (Lipinski definition) is 9. The highest BCUT2D eigenvalue weighted by atomic mass is 16.7. The molecule has 0 aromatic heterocycles. The van der Waals surface area contributed by atoms with Crippen LogP contribution < -0.4 is 5.32 Å². The zero-order valence-electron chi connectivity index (χ0n) is 30.6. The first-order valence-electron chi connectivity index (χ1n) is 19.8. The Morgan fingerprint density at radius 2 is 1.08 bits per heavy atom. The van der Waals surface area contributed by atoms with Crippen molar-refractivity contribution in [2.75, 3.05) is 13.2 Å². The summed E-state index contributed by atoms with van der Waals surface area (Å²) in [5, 5.41) is 64.8. The molecular formula is C38H75NO9. The lowest BCUT2D eigenvalue weighted by Crippen LogP contribution is -2.60. The number of hydrogen-bond donors (Lipinski definition) is 7. The lowest BCUT2D eigenvalue weighted by Gasteiger charge is -2.40. The third-order valence-corrected chi connectivity index (χ3v) is 9.80. The van der Waals surface area contributed by atoms with Crippen molar-refractivity contribution in [3.8, 4) is 0 Å². The van der Waals surface area contributed by atoms with Crippen molar-refractivity contribution >= 4 is 5.91 Å². The average molecular weight is 690 g/mol. The molecule has 286 valence electrons. The van der Waals surface area contributed by atoms with Crippen LogP contribution >= 0.6 is 0 Å². The van der Waals surface area contributed by atoms with Crippen LogP contribution in [0, 0.1) is 0 Å². The number of aliphatic hydroxyl groups excluding tert-OH is 6. The Hall–Kier alpha value is -0.850. The molecule has 0 spiro atoms. The molecule has 1 fully saturated rings. The van der Waals surface area contributed by atoms with Gasteiger partial charge in [-0.15, -0.1) is 0 Å². The Morgan fingerprint density at radius 3 is 1.54 bits per heavy atom. The van der Waals surface area contributed by atoms with Crippen LogP contribution in [0.1, 0.15) is 174 Å². The van der Waals surface area contributed by atoms with Crippen molar-refractivity contribution in [1.29, 1.82) is 0 Å². The summed E-state index contributed by atoms with van der Waals surface area (Å²) < 4.78 is 11.1. The Labute approximate surface area is 292 Å². The predicted octanol–water partition coefficient (Wildman–Crippen LogP) is 5.80.